The zero-order chi connectivity index (χ0) is 14.9. The Labute approximate surface area is 127 Å². The third-order valence-electron chi connectivity index (χ3n) is 4.71. The van der Waals surface area contributed by atoms with Gasteiger partial charge in [0.1, 0.15) is 0 Å². The maximum atomic E-state index is 4.47. The van der Waals surface area contributed by atoms with E-state index in [1.807, 2.05) is 12.3 Å². The number of benzene rings is 1. The second-order valence-corrected chi connectivity index (χ2v) is 6.71. The Bertz CT molecular complexity index is 604. The molecule has 1 N–H and O–H groups in total. The smallest absolute Gasteiger partial charge is 0.0570 e. The van der Waals surface area contributed by atoms with Gasteiger partial charge in [0.05, 0.1) is 5.69 Å². The fraction of sp³-hybridized carbons (Fsp3) is 0.421. The van der Waals surface area contributed by atoms with Crippen LogP contribution in [0.2, 0.25) is 0 Å². The van der Waals surface area contributed by atoms with Crippen LogP contribution >= 0.6 is 0 Å². The molecule has 0 saturated heterocycles. The molecule has 1 aromatic carbocycles. The van der Waals surface area contributed by atoms with Crippen molar-refractivity contribution < 1.29 is 0 Å². The number of hydrogen-bond acceptors (Lipinski definition) is 2. The van der Waals surface area contributed by atoms with Gasteiger partial charge in [0, 0.05) is 18.3 Å². The van der Waals surface area contributed by atoms with Crippen LogP contribution in [0, 0.1) is 0 Å². The first-order chi connectivity index (χ1) is 10.1. The van der Waals surface area contributed by atoms with E-state index in [1.165, 1.54) is 24.0 Å². The molecule has 0 aliphatic heterocycles. The van der Waals surface area contributed by atoms with Crippen molar-refractivity contribution in [2.75, 3.05) is 0 Å². The molecule has 2 aromatic rings. The normalized spacial score (nSPS) is 21.6. The van der Waals surface area contributed by atoms with Crippen LogP contribution in [0.3, 0.4) is 0 Å². The zero-order valence-electron chi connectivity index (χ0n) is 13.1. The van der Waals surface area contributed by atoms with Crippen molar-refractivity contribution in [3.8, 4) is 0 Å². The maximum Gasteiger partial charge on any atom is 0.0570 e. The summed E-state index contributed by atoms with van der Waals surface area (Å²) in [6, 6.07) is 15.7. The fourth-order valence-electron chi connectivity index (χ4n) is 3.40. The van der Waals surface area contributed by atoms with Gasteiger partial charge in [0.25, 0.3) is 0 Å². The van der Waals surface area contributed by atoms with Crippen molar-refractivity contribution in [2.24, 2.45) is 0 Å². The number of nitrogens with one attached hydrogen (secondary N) is 1. The van der Waals surface area contributed by atoms with E-state index in [1.54, 1.807) is 0 Å². The van der Waals surface area contributed by atoms with Gasteiger partial charge in [0.15, 0.2) is 0 Å². The van der Waals surface area contributed by atoms with E-state index in [2.05, 4.69) is 67.5 Å². The van der Waals surface area contributed by atoms with Crippen LogP contribution in [-0.2, 0) is 5.41 Å². The minimum absolute atomic E-state index is 0.269. The van der Waals surface area contributed by atoms with Gasteiger partial charge in [-0.1, -0.05) is 44.2 Å². The molecule has 0 bridgehead atoms. The third-order valence-corrected chi connectivity index (χ3v) is 4.71. The number of fused-ring (bicyclic) bond motifs is 1. The van der Waals surface area contributed by atoms with Gasteiger partial charge in [0.2, 0.25) is 0 Å². The lowest BCUT2D eigenvalue weighted by molar-refractivity contribution is 0.338. The summed E-state index contributed by atoms with van der Waals surface area (Å²) in [5.74, 6) is 0. The SMILES string of the molecule is C[C@H](NC1CCC(C)(C)c2ccccc21)c1ccccn1. The molecule has 0 spiro atoms. The summed E-state index contributed by atoms with van der Waals surface area (Å²) in [4.78, 5) is 4.47. The lowest BCUT2D eigenvalue weighted by atomic mass is 9.71. The zero-order valence-corrected chi connectivity index (χ0v) is 13.1. The minimum Gasteiger partial charge on any atom is -0.302 e. The highest BCUT2D eigenvalue weighted by Gasteiger charge is 2.32. The largest absolute Gasteiger partial charge is 0.302 e. The first-order valence-electron chi connectivity index (χ1n) is 7.84. The van der Waals surface area contributed by atoms with E-state index < -0.39 is 0 Å². The van der Waals surface area contributed by atoms with Crippen LogP contribution in [0.4, 0.5) is 0 Å². The molecule has 2 nitrogen and oxygen atoms in total. The third kappa shape index (κ3) is 2.86. The molecule has 2 atom stereocenters. The molecule has 1 aromatic heterocycles. The quantitative estimate of drug-likeness (QED) is 0.892. The molecule has 110 valence electrons. The van der Waals surface area contributed by atoms with Gasteiger partial charge in [-0.2, -0.15) is 0 Å². The predicted octanol–water partition coefficient (Wildman–Crippen LogP) is 4.54. The van der Waals surface area contributed by atoms with Gasteiger partial charge in [-0.25, -0.2) is 0 Å². The van der Waals surface area contributed by atoms with E-state index in [4.69, 9.17) is 0 Å². The monoisotopic (exact) mass is 280 g/mol. The lowest BCUT2D eigenvalue weighted by Gasteiger charge is -2.38. The van der Waals surface area contributed by atoms with Crippen molar-refractivity contribution in [1.82, 2.24) is 10.3 Å². The molecule has 0 saturated carbocycles. The first kappa shape index (κ1) is 14.3. The van der Waals surface area contributed by atoms with Gasteiger partial charge >= 0.3 is 0 Å². The van der Waals surface area contributed by atoms with E-state index in [-0.39, 0.29) is 11.5 Å². The number of hydrogen-bond donors (Lipinski definition) is 1. The average molecular weight is 280 g/mol. The summed E-state index contributed by atoms with van der Waals surface area (Å²) in [6.07, 6.45) is 4.27. The number of pyridine rings is 1. The van der Waals surface area contributed by atoms with Crippen molar-refractivity contribution in [2.45, 2.75) is 51.1 Å². The summed E-state index contributed by atoms with van der Waals surface area (Å²) < 4.78 is 0. The number of aromatic nitrogens is 1. The average Bonchev–Trinajstić information content (AvgIpc) is 2.51. The number of rotatable bonds is 3. The van der Waals surface area contributed by atoms with Crippen LogP contribution in [0.1, 0.15) is 62.5 Å². The van der Waals surface area contributed by atoms with Gasteiger partial charge in [-0.3, -0.25) is 4.98 Å². The Kier molecular flexibility index (Phi) is 3.81. The Balaban J connectivity index is 1.84. The first-order valence-corrected chi connectivity index (χ1v) is 7.84. The molecule has 1 aliphatic rings. The predicted molar refractivity (Wildman–Crippen MR) is 87.2 cm³/mol. The molecular formula is C19H24N2. The van der Waals surface area contributed by atoms with E-state index in [0.717, 1.165) is 5.69 Å². The topological polar surface area (TPSA) is 24.9 Å². The van der Waals surface area contributed by atoms with Crippen LogP contribution < -0.4 is 5.32 Å². The molecule has 1 heterocycles. The molecule has 21 heavy (non-hydrogen) atoms. The summed E-state index contributed by atoms with van der Waals surface area (Å²) >= 11 is 0. The second-order valence-electron chi connectivity index (χ2n) is 6.71. The van der Waals surface area contributed by atoms with Gasteiger partial charge < -0.3 is 5.32 Å². The Morgan fingerprint density at radius 2 is 1.90 bits per heavy atom. The van der Waals surface area contributed by atoms with Gasteiger partial charge in [-0.05, 0) is 48.4 Å². The van der Waals surface area contributed by atoms with E-state index in [9.17, 15) is 0 Å². The van der Waals surface area contributed by atoms with Crippen LogP contribution in [0.25, 0.3) is 0 Å². The highest BCUT2D eigenvalue weighted by atomic mass is 15.0. The molecule has 3 rings (SSSR count). The summed E-state index contributed by atoms with van der Waals surface area (Å²) in [5, 5.41) is 3.77. The molecule has 1 aliphatic carbocycles. The van der Waals surface area contributed by atoms with Crippen molar-refractivity contribution in [1.29, 1.82) is 0 Å². The van der Waals surface area contributed by atoms with E-state index in [0.29, 0.717) is 6.04 Å². The molecule has 0 amide bonds. The molecule has 0 fully saturated rings. The summed E-state index contributed by atoms with van der Waals surface area (Å²) in [6.45, 7) is 6.90. The Morgan fingerprint density at radius 3 is 2.67 bits per heavy atom. The standard InChI is InChI=1S/C19H24N2/c1-14(17-10-6-7-13-20-17)21-18-11-12-19(2,3)16-9-5-4-8-15(16)18/h4-10,13-14,18,21H,11-12H2,1-3H3/t14-,18?/m0/s1. The fourth-order valence-corrected chi connectivity index (χ4v) is 3.40. The van der Waals surface area contributed by atoms with Crippen molar-refractivity contribution >= 4 is 0 Å². The highest BCUT2D eigenvalue weighted by molar-refractivity contribution is 5.38. The molecule has 0 radical (unpaired) electrons. The molecule has 2 heteroatoms. The van der Waals surface area contributed by atoms with Gasteiger partial charge in [-0.15, -0.1) is 0 Å². The summed E-state index contributed by atoms with van der Waals surface area (Å²) in [5.41, 5.74) is 4.33. The highest BCUT2D eigenvalue weighted by Crippen LogP contribution is 2.41. The number of nitrogens with zero attached hydrogens (tertiary/aromatic N) is 1. The van der Waals surface area contributed by atoms with Crippen LogP contribution in [0.15, 0.2) is 48.7 Å². The molecular weight excluding hydrogens is 256 g/mol. The van der Waals surface area contributed by atoms with E-state index >= 15 is 0 Å². The van der Waals surface area contributed by atoms with Crippen molar-refractivity contribution in [3.63, 3.8) is 0 Å². The van der Waals surface area contributed by atoms with Crippen molar-refractivity contribution in [3.05, 3.63) is 65.5 Å². The second kappa shape index (κ2) is 5.61. The lowest BCUT2D eigenvalue weighted by Crippen LogP contribution is -2.34. The Hall–Kier alpha value is -1.67. The summed E-state index contributed by atoms with van der Waals surface area (Å²) in [7, 11) is 0. The molecule has 1 unspecified atom stereocenters. The Morgan fingerprint density at radius 1 is 1.14 bits per heavy atom. The maximum absolute atomic E-state index is 4.47. The van der Waals surface area contributed by atoms with Crippen LogP contribution in [-0.4, -0.2) is 4.98 Å². The minimum atomic E-state index is 0.269. The van der Waals surface area contributed by atoms with Crippen LogP contribution in [0.5, 0.6) is 0 Å².